The summed E-state index contributed by atoms with van der Waals surface area (Å²) in [7, 11) is 1.64. The number of carbonyl (C=O) groups excluding carboxylic acids is 1. The second-order valence-corrected chi connectivity index (χ2v) is 9.43. The van der Waals surface area contributed by atoms with Crippen LogP contribution < -0.4 is 5.56 Å². The number of fused-ring (bicyclic) bond motifs is 1. The Balaban J connectivity index is 1.51. The first-order valence-corrected chi connectivity index (χ1v) is 11.5. The molecule has 0 saturated heterocycles. The standard InChI is InChI=1S/C23H19F2N3O2S2/c1-13-19(15-6-8-16(24)9-7-15)20-21(30)26-23(27-22(20)32-13)31-12-18(29)28(2)11-14-4-3-5-17(25)10-14/h3-10H,11-12H2,1-2H3,(H,26,27,30). The Bertz CT molecular complexity index is 1350. The third-order valence-corrected chi connectivity index (χ3v) is 6.77. The lowest BCUT2D eigenvalue weighted by Crippen LogP contribution is -2.28. The highest BCUT2D eigenvalue weighted by atomic mass is 32.2. The van der Waals surface area contributed by atoms with Crippen LogP contribution in [0.1, 0.15) is 10.4 Å². The van der Waals surface area contributed by atoms with E-state index in [9.17, 15) is 18.4 Å². The first kappa shape index (κ1) is 22.2. The summed E-state index contributed by atoms with van der Waals surface area (Å²) < 4.78 is 26.6. The summed E-state index contributed by atoms with van der Waals surface area (Å²) in [5.41, 5.74) is 1.88. The van der Waals surface area contributed by atoms with E-state index in [2.05, 4.69) is 9.97 Å². The zero-order valence-electron chi connectivity index (χ0n) is 17.3. The highest BCUT2D eigenvalue weighted by Gasteiger charge is 2.18. The maximum Gasteiger partial charge on any atom is 0.260 e. The van der Waals surface area contributed by atoms with Crippen molar-refractivity contribution in [2.24, 2.45) is 0 Å². The molecule has 5 nitrogen and oxygen atoms in total. The van der Waals surface area contributed by atoms with E-state index in [1.807, 2.05) is 6.92 Å². The Kier molecular flexibility index (Phi) is 6.38. The molecule has 0 atom stereocenters. The maximum atomic E-state index is 13.3. The third-order valence-electron chi connectivity index (χ3n) is 4.92. The molecule has 2 aromatic heterocycles. The van der Waals surface area contributed by atoms with E-state index < -0.39 is 0 Å². The van der Waals surface area contributed by atoms with Crippen LogP contribution in [0.2, 0.25) is 0 Å². The molecule has 0 saturated carbocycles. The topological polar surface area (TPSA) is 66.1 Å². The monoisotopic (exact) mass is 471 g/mol. The number of rotatable bonds is 6. The zero-order valence-corrected chi connectivity index (χ0v) is 18.9. The zero-order chi connectivity index (χ0) is 22.8. The van der Waals surface area contributed by atoms with Crippen LogP contribution in [0.25, 0.3) is 21.3 Å². The lowest BCUT2D eigenvalue weighted by Gasteiger charge is -2.17. The SMILES string of the molecule is Cc1sc2nc(SCC(=O)N(C)Cc3cccc(F)c3)[nH]c(=O)c2c1-c1ccc(F)cc1. The predicted molar refractivity (Wildman–Crippen MR) is 124 cm³/mol. The lowest BCUT2D eigenvalue weighted by atomic mass is 10.0. The number of benzene rings is 2. The molecule has 0 fully saturated rings. The minimum atomic E-state index is -0.348. The quantitative estimate of drug-likeness (QED) is 0.318. The van der Waals surface area contributed by atoms with Gasteiger partial charge in [0.05, 0.1) is 11.1 Å². The molecule has 1 amide bonds. The molecule has 0 radical (unpaired) electrons. The summed E-state index contributed by atoms with van der Waals surface area (Å²) in [6.07, 6.45) is 0. The lowest BCUT2D eigenvalue weighted by molar-refractivity contribution is -0.127. The molecule has 0 aliphatic heterocycles. The number of thiophene rings is 1. The van der Waals surface area contributed by atoms with Gasteiger partial charge in [0, 0.05) is 24.0 Å². The number of hydrogen-bond donors (Lipinski definition) is 1. The number of hydrogen-bond acceptors (Lipinski definition) is 5. The van der Waals surface area contributed by atoms with Gasteiger partial charge in [0.1, 0.15) is 16.5 Å². The second kappa shape index (κ2) is 9.22. The van der Waals surface area contributed by atoms with Gasteiger partial charge in [-0.2, -0.15) is 0 Å². The van der Waals surface area contributed by atoms with Crippen LogP contribution in [0, 0.1) is 18.6 Å². The number of H-pyrrole nitrogens is 1. The van der Waals surface area contributed by atoms with E-state index in [1.54, 1.807) is 31.3 Å². The Morgan fingerprint density at radius 3 is 2.62 bits per heavy atom. The molecule has 4 rings (SSSR count). The number of aryl methyl sites for hydroxylation is 1. The van der Waals surface area contributed by atoms with E-state index >= 15 is 0 Å². The molecule has 1 N–H and O–H groups in total. The molecule has 9 heteroatoms. The third kappa shape index (κ3) is 4.73. The summed E-state index contributed by atoms with van der Waals surface area (Å²) in [4.78, 5) is 35.5. The van der Waals surface area contributed by atoms with Gasteiger partial charge in [-0.05, 0) is 42.3 Å². The van der Waals surface area contributed by atoms with Gasteiger partial charge in [-0.3, -0.25) is 9.59 Å². The molecular weight excluding hydrogens is 452 g/mol. The Labute approximate surface area is 191 Å². The average molecular weight is 472 g/mol. The van der Waals surface area contributed by atoms with Crippen molar-refractivity contribution in [3.63, 3.8) is 0 Å². The van der Waals surface area contributed by atoms with Crippen molar-refractivity contribution in [3.05, 3.63) is 81.0 Å². The number of nitrogens with one attached hydrogen (secondary N) is 1. The summed E-state index contributed by atoms with van der Waals surface area (Å²) in [5.74, 6) is -0.783. The Morgan fingerprint density at radius 2 is 1.91 bits per heavy atom. The van der Waals surface area contributed by atoms with Crippen molar-refractivity contribution in [3.8, 4) is 11.1 Å². The van der Waals surface area contributed by atoms with E-state index in [4.69, 9.17) is 0 Å². The molecule has 0 aliphatic carbocycles. The van der Waals surface area contributed by atoms with Crippen LogP contribution in [0.3, 0.4) is 0 Å². The highest BCUT2D eigenvalue weighted by Crippen LogP contribution is 2.36. The molecule has 4 aromatic rings. The van der Waals surface area contributed by atoms with Crippen molar-refractivity contribution in [1.29, 1.82) is 0 Å². The molecule has 0 bridgehead atoms. The second-order valence-electron chi connectivity index (χ2n) is 7.26. The largest absolute Gasteiger partial charge is 0.341 e. The molecule has 0 spiro atoms. The van der Waals surface area contributed by atoms with Gasteiger partial charge in [-0.15, -0.1) is 11.3 Å². The first-order chi connectivity index (χ1) is 15.3. The van der Waals surface area contributed by atoms with Crippen molar-refractivity contribution in [2.75, 3.05) is 12.8 Å². The van der Waals surface area contributed by atoms with Gasteiger partial charge in [0.25, 0.3) is 5.56 Å². The molecule has 2 aromatic carbocycles. The molecule has 2 heterocycles. The molecule has 32 heavy (non-hydrogen) atoms. The predicted octanol–water partition coefficient (Wildman–Crippen LogP) is 4.99. The van der Waals surface area contributed by atoms with Crippen LogP contribution >= 0.6 is 23.1 Å². The number of carbonyl (C=O) groups is 1. The van der Waals surface area contributed by atoms with Crippen LogP contribution in [-0.2, 0) is 11.3 Å². The molecule has 164 valence electrons. The Hall–Kier alpha value is -3.04. The molecule has 0 aliphatic rings. The molecular formula is C23H19F2N3O2S2. The fraction of sp³-hybridized carbons (Fsp3) is 0.174. The normalized spacial score (nSPS) is 11.1. The van der Waals surface area contributed by atoms with Crippen molar-refractivity contribution < 1.29 is 13.6 Å². The fourth-order valence-corrected chi connectivity index (χ4v) is 5.27. The van der Waals surface area contributed by atoms with Crippen LogP contribution in [-0.4, -0.2) is 33.6 Å². The van der Waals surface area contributed by atoms with Crippen molar-refractivity contribution in [1.82, 2.24) is 14.9 Å². The summed E-state index contributed by atoms with van der Waals surface area (Å²) in [5, 5.41) is 0.805. The summed E-state index contributed by atoms with van der Waals surface area (Å²) >= 11 is 2.52. The molecule has 0 unspecified atom stereocenters. The van der Waals surface area contributed by atoms with Crippen molar-refractivity contribution >= 4 is 39.2 Å². The van der Waals surface area contributed by atoms with Gasteiger partial charge in [0.2, 0.25) is 5.91 Å². The minimum Gasteiger partial charge on any atom is -0.341 e. The van der Waals surface area contributed by atoms with Crippen LogP contribution in [0.5, 0.6) is 0 Å². The van der Waals surface area contributed by atoms with Crippen molar-refractivity contribution in [2.45, 2.75) is 18.6 Å². The van der Waals surface area contributed by atoms with Gasteiger partial charge in [-0.1, -0.05) is 36.0 Å². The Morgan fingerprint density at radius 1 is 1.16 bits per heavy atom. The number of aromatic amines is 1. The van der Waals surface area contributed by atoms with Crippen LogP contribution in [0.15, 0.2) is 58.5 Å². The number of amides is 1. The number of aromatic nitrogens is 2. The van der Waals surface area contributed by atoms with E-state index in [1.165, 1.54) is 40.5 Å². The van der Waals surface area contributed by atoms with E-state index in [-0.39, 0.29) is 35.4 Å². The fourth-order valence-electron chi connectivity index (χ4n) is 3.37. The summed E-state index contributed by atoms with van der Waals surface area (Å²) in [6, 6.07) is 12.1. The average Bonchev–Trinajstić information content (AvgIpc) is 3.09. The smallest absolute Gasteiger partial charge is 0.260 e. The van der Waals surface area contributed by atoms with E-state index in [0.29, 0.717) is 20.9 Å². The minimum absolute atomic E-state index is 0.0788. The van der Waals surface area contributed by atoms with Gasteiger partial charge in [-0.25, -0.2) is 13.8 Å². The van der Waals surface area contributed by atoms with Gasteiger partial charge < -0.3 is 9.88 Å². The van der Waals surface area contributed by atoms with Gasteiger partial charge >= 0.3 is 0 Å². The van der Waals surface area contributed by atoms with Crippen LogP contribution in [0.4, 0.5) is 8.78 Å². The maximum absolute atomic E-state index is 13.3. The van der Waals surface area contributed by atoms with Gasteiger partial charge in [0.15, 0.2) is 5.16 Å². The summed E-state index contributed by atoms with van der Waals surface area (Å²) in [6.45, 7) is 2.17. The number of thioether (sulfide) groups is 1. The first-order valence-electron chi connectivity index (χ1n) is 9.72. The van der Waals surface area contributed by atoms with E-state index in [0.717, 1.165) is 27.8 Å². The highest BCUT2D eigenvalue weighted by molar-refractivity contribution is 7.99. The number of nitrogens with zero attached hydrogens (tertiary/aromatic N) is 2. The number of halogens is 2.